The molecular weight excluding hydrogens is 378 g/mol. The summed E-state index contributed by atoms with van der Waals surface area (Å²) in [6.07, 6.45) is 0.779. The van der Waals surface area contributed by atoms with E-state index in [9.17, 15) is 14.4 Å². The number of carboxylic acid groups (broad SMARTS) is 1. The molecule has 2 aromatic carbocycles. The maximum absolute atomic E-state index is 12.1. The molecule has 3 unspecified atom stereocenters. The fourth-order valence-corrected chi connectivity index (χ4v) is 4.11. The van der Waals surface area contributed by atoms with Gasteiger partial charge in [-0.1, -0.05) is 36.0 Å². The van der Waals surface area contributed by atoms with E-state index in [1.54, 1.807) is 31.2 Å². The lowest BCUT2D eigenvalue weighted by molar-refractivity contribution is -0.138. The van der Waals surface area contributed by atoms with Crippen LogP contribution < -0.4 is 10.5 Å². The number of Topliss-reactive ketones (excluding diaryl/α,β-unsaturated/α-hetero) is 1. The first-order valence-electron chi connectivity index (χ1n) is 8.92. The number of ketones is 1. The normalized spacial score (nSPS) is 20.2. The molecule has 0 bridgehead atoms. The maximum Gasteiger partial charge on any atom is 0.320 e. The van der Waals surface area contributed by atoms with Gasteiger partial charge in [-0.2, -0.15) is 0 Å². The number of nitrogens with two attached hydrogens (primary N) is 1. The van der Waals surface area contributed by atoms with Crippen molar-refractivity contribution >= 4 is 28.6 Å². The van der Waals surface area contributed by atoms with Crippen molar-refractivity contribution in [1.29, 1.82) is 0 Å². The van der Waals surface area contributed by atoms with E-state index in [2.05, 4.69) is 0 Å². The van der Waals surface area contributed by atoms with Crippen LogP contribution in [0.25, 0.3) is 0 Å². The van der Waals surface area contributed by atoms with Crippen molar-refractivity contribution < 1.29 is 24.2 Å². The summed E-state index contributed by atoms with van der Waals surface area (Å²) < 4.78 is 5.79. The van der Waals surface area contributed by atoms with Crippen molar-refractivity contribution in [2.75, 3.05) is 0 Å². The van der Waals surface area contributed by atoms with Crippen LogP contribution in [-0.2, 0) is 27.2 Å². The summed E-state index contributed by atoms with van der Waals surface area (Å²) in [5, 5.41) is 8.50. The molecule has 7 heteroatoms. The van der Waals surface area contributed by atoms with Gasteiger partial charge in [-0.15, -0.1) is 0 Å². The third kappa shape index (κ3) is 4.79. The molecule has 0 radical (unpaired) electrons. The molecule has 0 aromatic heterocycles. The Balaban J connectivity index is 1.58. The van der Waals surface area contributed by atoms with Crippen molar-refractivity contribution in [2.24, 2.45) is 11.7 Å². The van der Waals surface area contributed by atoms with Crippen LogP contribution in [0.3, 0.4) is 0 Å². The summed E-state index contributed by atoms with van der Waals surface area (Å²) >= 11 is 1.13. The zero-order valence-corrected chi connectivity index (χ0v) is 16.1. The number of carboxylic acids is 1. The average molecular weight is 399 g/mol. The first kappa shape index (κ1) is 20.1. The number of aliphatic carboxylic acids is 1. The van der Waals surface area contributed by atoms with Gasteiger partial charge in [0.25, 0.3) is 0 Å². The van der Waals surface area contributed by atoms with Gasteiger partial charge in [0.2, 0.25) is 0 Å². The number of thioether (sulfide) groups is 1. The number of hydrogen-bond donors (Lipinski definition) is 2. The summed E-state index contributed by atoms with van der Waals surface area (Å²) in [5.41, 5.74) is 7.32. The van der Waals surface area contributed by atoms with Crippen molar-refractivity contribution in [1.82, 2.24) is 0 Å². The summed E-state index contributed by atoms with van der Waals surface area (Å²) in [7, 11) is 0. The lowest BCUT2D eigenvalue weighted by Crippen LogP contribution is -2.32. The minimum atomic E-state index is -1.03. The average Bonchev–Trinajstić information content (AvgIpc) is 2.91. The van der Waals surface area contributed by atoms with Crippen molar-refractivity contribution in [2.45, 2.75) is 31.1 Å². The minimum absolute atomic E-state index is 0.00182. The number of ether oxygens (including phenoxy) is 1. The Kier molecular flexibility index (Phi) is 6.16. The summed E-state index contributed by atoms with van der Waals surface area (Å²) in [5.74, 6) is -0.268. The second-order valence-corrected chi connectivity index (χ2v) is 8.00. The van der Waals surface area contributed by atoms with Gasteiger partial charge < -0.3 is 15.6 Å². The highest BCUT2D eigenvalue weighted by atomic mass is 32.2. The molecular formula is C21H21NO5S. The number of carbonyl (C=O) groups is 3. The number of carbonyl (C=O) groups excluding carboxylic acids is 2. The second kappa shape index (κ2) is 8.58. The lowest BCUT2D eigenvalue weighted by atomic mass is 10.0. The molecule has 6 nitrogen and oxygen atoms in total. The van der Waals surface area contributed by atoms with E-state index < -0.39 is 17.9 Å². The number of benzene rings is 2. The highest BCUT2D eigenvalue weighted by Gasteiger charge is 2.38. The standard InChI is InChI=1S/C21H21NO5S/c1-12-19(23)18(28-21(12)26)11-14-4-8-16(9-5-14)27-15-6-2-13(3-7-15)10-17(22)20(24)25/h2-9,12,17-18H,10-11,22H2,1H3,(H,24,25). The Bertz CT molecular complexity index is 879. The Morgan fingerprint density at radius 2 is 1.61 bits per heavy atom. The van der Waals surface area contributed by atoms with Crippen LogP contribution in [0.2, 0.25) is 0 Å². The van der Waals surface area contributed by atoms with E-state index in [-0.39, 0.29) is 22.6 Å². The molecule has 1 aliphatic heterocycles. The molecule has 3 N–H and O–H groups in total. The summed E-state index contributed by atoms with van der Waals surface area (Å²) in [4.78, 5) is 34.5. The van der Waals surface area contributed by atoms with Gasteiger partial charge >= 0.3 is 5.97 Å². The Hall–Kier alpha value is -2.64. The molecule has 28 heavy (non-hydrogen) atoms. The predicted octanol–water partition coefficient (Wildman–Crippen LogP) is 2.82. The first-order chi connectivity index (χ1) is 13.3. The number of rotatable bonds is 7. The van der Waals surface area contributed by atoms with Gasteiger partial charge in [-0.3, -0.25) is 14.4 Å². The fourth-order valence-electron chi connectivity index (χ4n) is 2.92. The topological polar surface area (TPSA) is 107 Å². The zero-order valence-electron chi connectivity index (χ0n) is 15.3. The molecule has 1 fully saturated rings. The third-order valence-electron chi connectivity index (χ3n) is 4.63. The van der Waals surface area contributed by atoms with Gasteiger partial charge in [0.05, 0.1) is 11.2 Å². The first-order valence-corrected chi connectivity index (χ1v) is 9.80. The van der Waals surface area contributed by atoms with Gasteiger partial charge in [-0.05, 0) is 55.2 Å². The van der Waals surface area contributed by atoms with E-state index >= 15 is 0 Å². The van der Waals surface area contributed by atoms with Gasteiger partial charge in [0.15, 0.2) is 10.9 Å². The molecule has 146 valence electrons. The lowest BCUT2D eigenvalue weighted by Gasteiger charge is -2.10. The van der Waals surface area contributed by atoms with Crippen LogP contribution in [0.1, 0.15) is 18.1 Å². The van der Waals surface area contributed by atoms with Gasteiger partial charge in [-0.25, -0.2) is 0 Å². The molecule has 3 atom stereocenters. The third-order valence-corrected chi connectivity index (χ3v) is 5.90. The highest BCUT2D eigenvalue weighted by Crippen LogP contribution is 2.32. The highest BCUT2D eigenvalue weighted by molar-refractivity contribution is 8.15. The monoisotopic (exact) mass is 399 g/mol. The van der Waals surface area contributed by atoms with Crippen LogP contribution >= 0.6 is 11.8 Å². The molecule has 2 aromatic rings. The molecule has 1 saturated heterocycles. The van der Waals surface area contributed by atoms with Gasteiger partial charge in [0, 0.05) is 0 Å². The quantitative estimate of drug-likeness (QED) is 0.690. The van der Waals surface area contributed by atoms with Gasteiger partial charge in [0.1, 0.15) is 17.5 Å². The van der Waals surface area contributed by atoms with E-state index in [1.165, 1.54) is 0 Å². The van der Waals surface area contributed by atoms with Crippen molar-refractivity contribution in [3.8, 4) is 11.5 Å². The second-order valence-electron chi connectivity index (χ2n) is 6.79. The van der Waals surface area contributed by atoms with E-state index in [1.807, 2.05) is 24.3 Å². The van der Waals surface area contributed by atoms with E-state index in [0.29, 0.717) is 17.9 Å². The molecule has 1 aliphatic rings. The molecule has 0 saturated carbocycles. The van der Waals surface area contributed by atoms with E-state index in [4.69, 9.17) is 15.6 Å². The minimum Gasteiger partial charge on any atom is -0.480 e. The van der Waals surface area contributed by atoms with E-state index in [0.717, 1.165) is 22.9 Å². The summed E-state index contributed by atoms with van der Waals surface area (Å²) in [6.45, 7) is 1.66. The number of hydrogen-bond acceptors (Lipinski definition) is 6. The van der Waals surface area contributed by atoms with Crippen LogP contribution in [0.5, 0.6) is 11.5 Å². The predicted molar refractivity (Wildman–Crippen MR) is 107 cm³/mol. The van der Waals surface area contributed by atoms with Crippen LogP contribution in [0.15, 0.2) is 48.5 Å². The molecule has 0 aliphatic carbocycles. The SMILES string of the molecule is CC1C(=O)SC(Cc2ccc(Oc3ccc(CC(N)C(=O)O)cc3)cc2)C1=O. The summed E-state index contributed by atoms with van der Waals surface area (Å²) in [6, 6.07) is 13.6. The van der Waals surface area contributed by atoms with Crippen LogP contribution in [0.4, 0.5) is 0 Å². The molecule has 0 spiro atoms. The largest absolute Gasteiger partial charge is 0.480 e. The Morgan fingerprint density at radius 3 is 2.07 bits per heavy atom. The Morgan fingerprint density at radius 1 is 1.07 bits per heavy atom. The van der Waals surface area contributed by atoms with Crippen molar-refractivity contribution in [3.63, 3.8) is 0 Å². The Labute approximate surface area is 167 Å². The molecule has 3 rings (SSSR count). The molecule has 0 amide bonds. The van der Waals surface area contributed by atoms with Crippen molar-refractivity contribution in [3.05, 3.63) is 59.7 Å². The zero-order chi connectivity index (χ0) is 20.3. The smallest absolute Gasteiger partial charge is 0.320 e. The van der Waals surface area contributed by atoms with Crippen LogP contribution in [-0.4, -0.2) is 33.3 Å². The van der Waals surface area contributed by atoms with Crippen LogP contribution in [0, 0.1) is 5.92 Å². The molecule has 1 heterocycles. The maximum atomic E-state index is 12.1. The fraction of sp³-hybridized carbons (Fsp3) is 0.286.